The molecule has 0 aliphatic rings. The van der Waals surface area contributed by atoms with E-state index in [-0.39, 0.29) is 6.61 Å². The van der Waals surface area contributed by atoms with Gasteiger partial charge in [-0.3, -0.25) is 0 Å². The summed E-state index contributed by atoms with van der Waals surface area (Å²) in [5.74, 6) is -2.38. The summed E-state index contributed by atoms with van der Waals surface area (Å²) in [7, 11) is -3.02. The normalized spacial score (nSPS) is 13.6. The van der Waals surface area contributed by atoms with Crippen LogP contribution in [0.3, 0.4) is 0 Å². The van der Waals surface area contributed by atoms with Crippen LogP contribution in [0.4, 0.5) is 8.78 Å². The summed E-state index contributed by atoms with van der Waals surface area (Å²) >= 11 is 0. The third kappa shape index (κ3) is 3.70. The number of aliphatic hydroxyl groups is 1. The van der Waals surface area contributed by atoms with E-state index in [0.717, 1.165) is 18.2 Å². The fourth-order valence-electron chi connectivity index (χ4n) is 1.27. The van der Waals surface area contributed by atoms with Crippen LogP contribution < -0.4 is 4.72 Å². The molecule has 8 heteroatoms. The van der Waals surface area contributed by atoms with Crippen LogP contribution in [0.15, 0.2) is 23.1 Å². The van der Waals surface area contributed by atoms with Crippen LogP contribution in [-0.2, 0) is 14.8 Å². The van der Waals surface area contributed by atoms with Gasteiger partial charge < -0.3 is 9.84 Å². The van der Waals surface area contributed by atoms with E-state index in [0.29, 0.717) is 0 Å². The number of halogens is 2. The second kappa shape index (κ2) is 6.19. The molecular formula is C10H13F2NO4S. The van der Waals surface area contributed by atoms with Gasteiger partial charge >= 0.3 is 0 Å². The smallest absolute Gasteiger partial charge is 0.246 e. The van der Waals surface area contributed by atoms with Crippen molar-refractivity contribution in [3.8, 4) is 0 Å². The Morgan fingerprint density at radius 3 is 2.44 bits per heavy atom. The van der Waals surface area contributed by atoms with Crippen molar-refractivity contribution < 1.29 is 27.0 Å². The third-order valence-corrected chi connectivity index (χ3v) is 3.53. The number of methoxy groups -OCH3 is 1. The Kier molecular flexibility index (Phi) is 5.15. The van der Waals surface area contributed by atoms with Crippen LogP contribution in [0.1, 0.15) is 0 Å². The SMILES string of the molecule is COCC(O)CNS(=O)(=O)c1c(F)cccc1F. The van der Waals surface area contributed by atoms with Crippen LogP contribution in [0, 0.1) is 11.6 Å². The molecule has 102 valence electrons. The predicted molar refractivity (Wildman–Crippen MR) is 59.4 cm³/mol. The van der Waals surface area contributed by atoms with Crippen molar-refractivity contribution >= 4 is 10.0 Å². The molecular weight excluding hydrogens is 268 g/mol. The molecule has 0 radical (unpaired) electrons. The van der Waals surface area contributed by atoms with E-state index in [9.17, 15) is 22.3 Å². The summed E-state index contributed by atoms with van der Waals surface area (Å²) in [6.45, 7) is -0.494. The number of sulfonamides is 1. The highest BCUT2D eigenvalue weighted by Gasteiger charge is 2.24. The lowest BCUT2D eigenvalue weighted by Crippen LogP contribution is -2.35. The first kappa shape index (κ1) is 15.0. The number of benzene rings is 1. The van der Waals surface area contributed by atoms with E-state index < -0.39 is 39.2 Å². The first-order chi connectivity index (χ1) is 8.38. The molecule has 1 aromatic carbocycles. The van der Waals surface area contributed by atoms with Gasteiger partial charge in [0.25, 0.3) is 0 Å². The molecule has 0 aliphatic heterocycles. The lowest BCUT2D eigenvalue weighted by atomic mass is 10.3. The third-order valence-electron chi connectivity index (χ3n) is 2.06. The van der Waals surface area contributed by atoms with Crippen LogP contribution in [0.5, 0.6) is 0 Å². The molecule has 0 heterocycles. The van der Waals surface area contributed by atoms with Gasteiger partial charge in [-0.2, -0.15) is 0 Å². The van der Waals surface area contributed by atoms with Gasteiger partial charge in [0.2, 0.25) is 10.0 Å². The lowest BCUT2D eigenvalue weighted by molar-refractivity contribution is 0.0679. The molecule has 1 rings (SSSR count). The van der Waals surface area contributed by atoms with Crippen LogP contribution in [0.25, 0.3) is 0 Å². The molecule has 5 nitrogen and oxygen atoms in total. The van der Waals surface area contributed by atoms with Gasteiger partial charge in [0.1, 0.15) is 11.6 Å². The van der Waals surface area contributed by atoms with E-state index in [1.165, 1.54) is 7.11 Å². The van der Waals surface area contributed by atoms with E-state index in [4.69, 9.17) is 0 Å². The Balaban J connectivity index is 2.87. The van der Waals surface area contributed by atoms with Gasteiger partial charge in [0.05, 0.1) is 12.7 Å². The molecule has 0 aliphatic carbocycles. The van der Waals surface area contributed by atoms with Gasteiger partial charge in [0, 0.05) is 13.7 Å². The molecule has 1 aromatic rings. The molecule has 1 atom stereocenters. The summed E-state index contributed by atoms with van der Waals surface area (Å²) in [5.41, 5.74) is 0. The lowest BCUT2D eigenvalue weighted by Gasteiger charge is -2.12. The molecule has 0 spiro atoms. The number of aliphatic hydroxyl groups excluding tert-OH is 1. The van der Waals surface area contributed by atoms with E-state index >= 15 is 0 Å². The van der Waals surface area contributed by atoms with Crippen molar-refractivity contribution in [2.45, 2.75) is 11.0 Å². The van der Waals surface area contributed by atoms with Gasteiger partial charge in [-0.1, -0.05) is 6.07 Å². The molecule has 2 N–H and O–H groups in total. The number of ether oxygens (including phenoxy) is 1. The number of hydrogen-bond donors (Lipinski definition) is 2. The number of hydrogen-bond acceptors (Lipinski definition) is 4. The molecule has 0 saturated carbocycles. The Morgan fingerprint density at radius 2 is 1.94 bits per heavy atom. The van der Waals surface area contributed by atoms with E-state index in [1.807, 2.05) is 4.72 Å². The monoisotopic (exact) mass is 281 g/mol. The zero-order valence-electron chi connectivity index (χ0n) is 9.56. The fourth-order valence-corrected chi connectivity index (χ4v) is 2.47. The minimum atomic E-state index is -4.35. The molecule has 1 unspecified atom stereocenters. The molecule has 0 saturated heterocycles. The maximum absolute atomic E-state index is 13.3. The maximum atomic E-state index is 13.3. The average molecular weight is 281 g/mol. The van der Waals surface area contributed by atoms with Crippen molar-refractivity contribution in [1.29, 1.82) is 0 Å². The van der Waals surface area contributed by atoms with Crippen molar-refractivity contribution in [2.75, 3.05) is 20.3 Å². The largest absolute Gasteiger partial charge is 0.389 e. The zero-order valence-corrected chi connectivity index (χ0v) is 10.4. The van der Waals surface area contributed by atoms with Gasteiger partial charge in [0.15, 0.2) is 4.90 Å². The standard InChI is InChI=1S/C10H13F2NO4S/c1-17-6-7(14)5-13-18(15,16)10-8(11)3-2-4-9(10)12/h2-4,7,13-14H,5-6H2,1H3. The number of rotatable bonds is 6. The summed E-state index contributed by atoms with van der Waals surface area (Å²) in [5, 5.41) is 9.26. The van der Waals surface area contributed by atoms with Gasteiger partial charge in [-0.15, -0.1) is 0 Å². The Bertz CT molecular complexity index is 486. The second-order valence-corrected chi connectivity index (χ2v) is 5.22. The average Bonchev–Trinajstić information content (AvgIpc) is 2.26. The van der Waals surface area contributed by atoms with Crippen molar-refractivity contribution in [1.82, 2.24) is 4.72 Å². The topological polar surface area (TPSA) is 75.6 Å². The minimum absolute atomic E-state index is 0.0950. The maximum Gasteiger partial charge on any atom is 0.246 e. The van der Waals surface area contributed by atoms with E-state index in [1.54, 1.807) is 0 Å². The second-order valence-electron chi connectivity index (χ2n) is 3.51. The first-order valence-corrected chi connectivity index (χ1v) is 6.47. The summed E-state index contributed by atoms with van der Waals surface area (Å²) in [6.07, 6.45) is -1.10. The molecule has 0 fully saturated rings. The van der Waals surface area contributed by atoms with Crippen LogP contribution >= 0.6 is 0 Å². The number of nitrogens with one attached hydrogen (secondary N) is 1. The minimum Gasteiger partial charge on any atom is -0.389 e. The van der Waals surface area contributed by atoms with Crippen molar-refractivity contribution in [2.24, 2.45) is 0 Å². The highest BCUT2D eigenvalue weighted by molar-refractivity contribution is 7.89. The van der Waals surface area contributed by atoms with E-state index in [2.05, 4.69) is 4.74 Å². The quantitative estimate of drug-likeness (QED) is 0.784. The van der Waals surface area contributed by atoms with Crippen molar-refractivity contribution in [3.05, 3.63) is 29.8 Å². The summed E-state index contributed by atoms with van der Waals surface area (Å²) < 4.78 is 56.3. The highest BCUT2D eigenvalue weighted by Crippen LogP contribution is 2.17. The van der Waals surface area contributed by atoms with Crippen molar-refractivity contribution in [3.63, 3.8) is 0 Å². The zero-order chi connectivity index (χ0) is 13.8. The van der Waals surface area contributed by atoms with Crippen LogP contribution in [0.2, 0.25) is 0 Å². The molecule has 0 aromatic heterocycles. The van der Waals surface area contributed by atoms with Gasteiger partial charge in [-0.05, 0) is 12.1 Å². The first-order valence-electron chi connectivity index (χ1n) is 4.99. The Labute approximate surface area is 103 Å². The highest BCUT2D eigenvalue weighted by atomic mass is 32.2. The Hall–Kier alpha value is -1.09. The molecule has 0 amide bonds. The van der Waals surface area contributed by atoms with Crippen LogP contribution in [-0.4, -0.2) is 39.9 Å². The Morgan fingerprint density at radius 1 is 1.39 bits per heavy atom. The predicted octanol–water partition coefficient (Wildman–Crippen LogP) is 0.250. The molecule has 18 heavy (non-hydrogen) atoms. The van der Waals surface area contributed by atoms with Gasteiger partial charge in [-0.25, -0.2) is 21.9 Å². The summed E-state index contributed by atoms with van der Waals surface area (Å²) in [4.78, 5) is -1.06. The fraction of sp³-hybridized carbons (Fsp3) is 0.400. The summed E-state index contributed by atoms with van der Waals surface area (Å²) in [6, 6.07) is 2.73. The molecule has 0 bridgehead atoms.